The third-order valence-corrected chi connectivity index (χ3v) is 4.01. The van der Waals surface area contributed by atoms with E-state index < -0.39 is 0 Å². The standard InChI is InChI=1S/C16H19BrN4O2/c17-13-1-3-14(4-2-13)23-8-5-18-15-11-16(20-12-19-15)21-6-9-22-10-7-21/h1-4,11-12H,5-10H2,(H,18,19,20). The largest absolute Gasteiger partial charge is 0.492 e. The number of hydrogen-bond acceptors (Lipinski definition) is 6. The predicted octanol–water partition coefficient (Wildman–Crippen LogP) is 2.57. The van der Waals surface area contributed by atoms with Crippen LogP contribution in [0, 0.1) is 0 Å². The molecule has 1 aromatic carbocycles. The van der Waals surface area contributed by atoms with Crippen molar-refractivity contribution in [1.29, 1.82) is 0 Å². The Labute approximate surface area is 144 Å². The Balaban J connectivity index is 1.47. The highest BCUT2D eigenvalue weighted by atomic mass is 79.9. The average Bonchev–Trinajstić information content (AvgIpc) is 2.61. The van der Waals surface area contributed by atoms with Crippen LogP contribution in [0.15, 0.2) is 41.1 Å². The van der Waals surface area contributed by atoms with Crippen molar-refractivity contribution in [2.24, 2.45) is 0 Å². The Kier molecular flexibility index (Phi) is 5.65. The van der Waals surface area contributed by atoms with E-state index in [1.54, 1.807) is 6.33 Å². The lowest BCUT2D eigenvalue weighted by atomic mass is 10.3. The number of aromatic nitrogens is 2. The summed E-state index contributed by atoms with van der Waals surface area (Å²) in [6.45, 7) is 4.46. The molecule has 0 amide bonds. The van der Waals surface area contributed by atoms with Gasteiger partial charge in [0.15, 0.2) is 0 Å². The number of benzene rings is 1. The molecule has 2 aromatic rings. The topological polar surface area (TPSA) is 59.5 Å². The number of halogens is 1. The lowest BCUT2D eigenvalue weighted by Gasteiger charge is -2.27. The molecule has 1 saturated heterocycles. The van der Waals surface area contributed by atoms with E-state index in [4.69, 9.17) is 9.47 Å². The molecule has 0 spiro atoms. The lowest BCUT2D eigenvalue weighted by Crippen LogP contribution is -2.36. The number of ether oxygens (including phenoxy) is 2. The number of hydrogen-bond donors (Lipinski definition) is 1. The summed E-state index contributed by atoms with van der Waals surface area (Å²) in [7, 11) is 0. The molecule has 0 bridgehead atoms. The second kappa shape index (κ2) is 8.12. The first-order chi connectivity index (χ1) is 11.3. The zero-order chi connectivity index (χ0) is 15.9. The van der Waals surface area contributed by atoms with Gasteiger partial charge in [0.2, 0.25) is 0 Å². The molecule has 0 radical (unpaired) electrons. The number of nitrogens with one attached hydrogen (secondary N) is 1. The first kappa shape index (κ1) is 16.0. The molecule has 23 heavy (non-hydrogen) atoms. The molecule has 2 heterocycles. The van der Waals surface area contributed by atoms with Crippen molar-refractivity contribution in [3.05, 3.63) is 41.1 Å². The van der Waals surface area contributed by atoms with Crippen LogP contribution in [-0.2, 0) is 4.74 Å². The molecule has 1 aliphatic heterocycles. The number of morpholine rings is 1. The van der Waals surface area contributed by atoms with Crippen molar-refractivity contribution >= 4 is 27.6 Å². The van der Waals surface area contributed by atoms with Crippen LogP contribution in [-0.4, -0.2) is 49.4 Å². The van der Waals surface area contributed by atoms with Gasteiger partial charge in [-0.05, 0) is 24.3 Å². The van der Waals surface area contributed by atoms with Gasteiger partial charge in [0.1, 0.15) is 30.3 Å². The normalized spacial score (nSPS) is 14.6. The summed E-state index contributed by atoms with van der Waals surface area (Å²) >= 11 is 3.40. The summed E-state index contributed by atoms with van der Waals surface area (Å²) in [4.78, 5) is 10.8. The minimum absolute atomic E-state index is 0.568. The monoisotopic (exact) mass is 378 g/mol. The van der Waals surface area contributed by atoms with Gasteiger partial charge in [-0.2, -0.15) is 0 Å². The molecular weight excluding hydrogens is 360 g/mol. The van der Waals surface area contributed by atoms with E-state index in [0.717, 1.165) is 48.2 Å². The van der Waals surface area contributed by atoms with Crippen molar-refractivity contribution in [3.8, 4) is 5.75 Å². The third-order valence-electron chi connectivity index (χ3n) is 3.48. The molecule has 0 atom stereocenters. The van der Waals surface area contributed by atoms with Gasteiger partial charge >= 0.3 is 0 Å². The van der Waals surface area contributed by atoms with Gasteiger partial charge in [0, 0.05) is 23.6 Å². The lowest BCUT2D eigenvalue weighted by molar-refractivity contribution is 0.122. The number of nitrogens with zero attached hydrogens (tertiary/aromatic N) is 3. The van der Waals surface area contributed by atoms with E-state index in [-0.39, 0.29) is 0 Å². The first-order valence-electron chi connectivity index (χ1n) is 7.58. The second-order valence-electron chi connectivity index (χ2n) is 5.09. The molecule has 1 fully saturated rings. The van der Waals surface area contributed by atoms with E-state index in [2.05, 4.69) is 36.1 Å². The van der Waals surface area contributed by atoms with Gasteiger partial charge in [-0.15, -0.1) is 0 Å². The average molecular weight is 379 g/mol. The zero-order valence-corrected chi connectivity index (χ0v) is 14.3. The number of anilines is 2. The Hall–Kier alpha value is -1.86. The minimum atomic E-state index is 0.568. The molecule has 1 aliphatic rings. The summed E-state index contributed by atoms with van der Waals surface area (Å²) in [6.07, 6.45) is 1.59. The van der Waals surface area contributed by atoms with Crippen LogP contribution in [0.25, 0.3) is 0 Å². The van der Waals surface area contributed by atoms with E-state index in [9.17, 15) is 0 Å². The molecule has 0 saturated carbocycles. The SMILES string of the molecule is Brc1ccc(OCCNc2cc(N3CCOCC3)ncn2)cc1. The van der Waals surface area contributed by atoms with Crippen LogP contribution in [0.5, 0.6) is 5.75 Å². The fourth-order valence-electron chi connectivity index (χ4n) is 2.29. The smallest absolute Gasteiger partial charge is 0.134 e. The maximum Gasteiger partial charge on any atom is 0.134 e. The van der Waals surface area contributed by atoms with Crippen LogP contribution < -0.4 is 15.0 Å². The Morgan fingerprint density at radius 3 is 2.74 bits per heavy atom. The van der Waals surface area contributed by atoms with Crippen molar-refractivity contribution in [1.82, 2.24) is 9.97 Å². The van der Waals surface area contributed by atoms with Crippen molar-refractivity contribution in [2.75, 3.05) is 49.7 Å². The molecule has 3 rings (SSSR count). The van der Waals surface area contributed by atoms with Crippen molar-refractivity contribution in [2.45, 2.75) is 0 Å². The van der Waals surface area contributed by atoms with Crippen LogP contribution in [0.1, 0.15) is 0 Å². The van der Waals surface area contributed by atoms with Crippen LogP contribution in [0.2, 0.25) is 0 Å². The summed E-state index contributed by atoms with van der Waals surface area (Å²) < 4.78 is 12.1. The Bertz CT molecular complexity index is 618. The summed E-state index contributed by atoms with van der Waals surface area (Å²) in [5.74, 6) is 2.59. The molecule has 0 aliphatic carbocycles. The van der Waals surface area contributed by atoms with Gasteiger partial charge in [0.25, 0.3) is 0 Å². The summed E-state index contributed by atoms with van der Waals surface area (Å²) in [6, 6.07) is 9.76. The predicted molar refractivity (Wildman–Crippen MR) is 93.2 cm³/mol. The summed E-state index contributed by atoms with van der Waals surface area (Å²) in [5, 5.41) is 3.26. The molecule has 7 heteroatoms. The van der Waals surface area contributed by atoms with Crippen LogP contribution in [0.4, 0.5) is 11.6 Å². The minimum Gasteiger partial charge on any atom is -0.492 e. The first-order valence-corrected chi connectivity index (χ1v) is 8.37. The van der Waals surface area contributed by atoms with Gasteiger partial charge in [0.05, 0.1) is 19.8 Å². The van der Waals surface area contributed by atoms with Gasteiger partial charge in [-0.25, -0.2) is 9.97 Å². The quantitative estimate of drug-likeness (QED) is 0.779. The van der Waals surface area contributed by atoms with E-state index in [1.165, 1.54) is 0 Å². The van der Waals surface area contributed by atoms with Crippen molar-refractivity contribution < 1.29 is 9.47 Å². The third kappa shape index (κ3) is 4.80. The molecule has 1 N–H and O–H groups in total. The van der Waals surface area contributed by atoms with E-state index in [1.807, 2.05) is 30.3 Å². The highest BCUT2D eigenvalue weighted by Gasteiger charge is 2.12. The van der Waals surface area contributed by atoms with Crippen LogP contribution in [0.3, 0.4) is 0 Å². The molecular formula is C16H19BrN4O2. The maximum absolute atomic E-state index is 5.68. The zero-order valence-electron chi connectivity index (χ0n) is 12.7. The number of rotatable bonds is 6. The highest BCUT2D eigenvalue weighted by Crippen LogP contribution is 2.17. The Morgan fingerprint density at radius 2 is 1.96 bits per heavy atom. The maximum atomic E-state index is 5.68. The van der Waals surface area contributed by atoms with Gasteiger partial charge in [-0.1, -0.05) is 15.9 Å². The Morgan fingerprint density at radius 1 is 1.17 bits per heavy atom. The molecule has 122 valence electrons. The van der Waals surface area contributed by atoms with Gasteiger partial charge in [-0.3, -0.25) is 0 Å². The van der Waals surface area contributed by atoms with Crippen LogP contribution >= 0.6 is 15.9 Å². The van der Waals surface area contributed by atoms with E-state index in [0.29, 0.717) is 13.2 Å². The van der Waals surface area contributed by atoms with E-state index >= 15 is 0 Å². The summed E-state index contributed by atoms with van der Waals surface area (Å²) in [5.41, 5.74) is 0. The molecule has 1 aromatic heterocycles. The molecule has 0 unspecified atom stereocenters. The fourth-order valence-corrected chi connectivity index (χ4v) is 2.55. The second-order valence-corrected chi connectivity index (χ2v) is 6.01. The molecule has 6 nitrogen and oxygen atoms in total. The fraction of sp³-hybridized carbons (Fsp3) is 0.375. The highest BCUT2D eigenvalue weighted by molar-refractivity contribution is 9.10. The van der Waals surface area contributed by atoms with Gasteiger partial charge < -0.3 is 19.7 Å². The van der Waals surface area contributed by atoms with Crippen molar-refractivity contribution in [3.63, 3.8) is 0 Å².